The van der Waals surface area contributed by atoms with E-state index in [9.17, 15) is 0 Å². The molecule has 0 bridgehead atoms. The van der Waals surface area contributed by atoms with Gasteiger partial charge in [-0.1, -0.05) is 18.3 Å². The highest BCUT2D eigenvalue weighted by atomic mass is 16.5. The van der Waals surface area contributed by atoms with Gasteiger partial charge in [0.15, 0.2) is 5.82 Å². The van der Waals surface area contributed by atoms with Crippen molar-refractivity contribution in [2.75, 3.05) is 18.2 Å². The highest BCUT2D eigenvalue weighted by molar-refractivity contribution is 5.80. The first-order valence-electron chi connectivity index (χ1n) is 6.03. The third-order valence-electron chi connectivity index (χ3n) is 2.71. The average Bonchev–Trinajstić information content (AvgIpc) is 2.72. The van der Waals surface area contributed by atoms with E-state index in [0.717, 1.165) is 12.8 Å². The fourth-order valence-electron chi connectivity index (χ4n) is 1.84. The van der Waals surface area contributed by atoms with Gasteiger partial charge in [-0.15, -0.1) is 0 Å². The summed E-state index contributed by atoms with van der Waals surface area (Å²) in [5.41, 5.74) is 7.16. The van der Waals surface area contributed by atoms with Crippen LogP contribution in [0.15, 0.2) is 0 Å². The van der Waals surface area contributed by atoms with Crippen LogP contribution in [0.5, 0.6) is 6.01 Å². The summed E-state index contributed by atoms with van der Waals surface area (Å²) in [6.45, 7) is 4.23. The Kier molecular flexibility index (Phi) is 3.50. The number of methoxy groups -OCH3 is 1. The van der Waals surface area contributed by atoms with Crippen molar-refractivity contribution in [2.45, 2.75) is 32.7 Å². The van der Waals surface area contributed by atoms with E-state index >= 15 is 0 Å². The zero-order chi connectivity index (χ0) is 13.1. The standard InChI is InChI=1S/C11H18N6O/c1-4-5-6(2)13-10-15-8(12)7-9(16-10)17-11(14-7)18-3/h6H,4-5H2,1-3H3,(H4,12,13,14,15,16,17)/p+1/t6-/m0/s1. The minimum absolute atomic E-state index is 0.313. The second-order valence-electron chi connectivity index (χ2n) is 4.27. The zero-order valence-corrected chi connectivity index (χ0v) is 10.9. The third kappa shape index (κ3) is 2.44. The molecule has 2 aromatic rings. The van der Waals surface area contributed by atoms with Crippen molar-refractivity contribution in [1.29, 1.82) is 0 Å². The fraction of sp³-hybridized carbons (Fsp3) is 0.545. The second kappa shape index (κ2) is 5.07. The molecule has 0 saturated carbocycles. The molecule has 7 nitrogen and oxygen atoms in total. The lowest BCUT2D eigenvalue weighted by atomic mass is 10.2. The van der Waals surface area contributed by atoms with Crippen molar-refractivity contribution >= 4 is 22.9 Å². The Labute approximate surface area is 105 Å². The van der Waals surface area contributed by atoms with Gasteiger partial charge >= 0.3 is 17.6 Å². The van der Waals surface area contributed by atoms with Crippen LogP contribution in [-0.4, -0.2) is 28.1 Å². The van der Waals surface area contributed by atoms with Crippen LogP contribution in [0.25, 0.3) is 11.2 Å². The van der Waals surface area contributed by atoms with E-state index in [1.54, 1.807) is 7.11 Å². The fourth-order valence-corrected chi connectivity index (χ4v) is 1.84. The Morgan fingerprint density at radius 2 is 2.28 bits per heavy atom. The molecule has 0 unspecified atom stereocenters. The number of nitrogens with two attached hydrogens (primary N) is 1. The van der Waals surface area contributed by atoms with E-state index in [2.05, 4.69) is 39.1 Å². The summed E-state index contributed by atoms with van der Waals surface area (Å²) in [4.78, 5) is 14.5. The molecular formula is C11H19N6O+. The Balaban J connectivity index is 2.30. The summed E-state index contributed by atoms with van der Waals surface area (Å²) in [5.74, 6) is 0.921. The van der Waals surface area contributed by atoms with Crippen molar-refractivity contribution in [3.8, 4) is 6.01 Å². The number of aromatic amines is 2. The molecule has 0 aliphatic rings. The highest BCUT2D eigenvalue weighted by Gasteiger charge is 2.18. The van der Waals surface area contributed by atoms with Gasteiger partial charge < -0.3 is 15.8 Å². The average molecular weight is 251 g/mol. The maximum atomic E-state index is 5.88. The first kappa shape index (κ1) is 12.4. The van der Waals surface area contributed by atoms with Crippen LogP contribution in [0, 0.1) is 0 Å². The van der Waals surface area contributed by atoms with Crippen LogP contribution in [0.3, 0.4) is 0 Å². The maximum absolute atomic E-state index is 5.88. The molecule has 0 spiro atoms. The molecule has 2 aromatic heterocycles. The van der Waals surface area contributed by atoms with Gasteiger partial charge in [-0.2, -0.15) is 4.98 Å². The maximum Gasteiger partial charge on any atom is 0.395 e. The Morgan fingerprint density at radius 1 is 1.50 bits per heavy atom. The van der Waals surface area contributed by atoms with Crippen LogP contribution in [-0.2, 0) is 0 Å². The smallest absolute Gasteiger partial charge is 0.395 e. The number of nitrogens with one attached hydrogen (secondary N) is 3. The van der Waals surface area contributed by atoms with Crippen molar-refractivity contribution in [1.82, 2.24) is 15.0 Å². The molecule has 98 valence electrons. The number of nitrogens with zero attached hydrogens (tertiary/aromatic N) is 2. The van der Waals surface area contributed by atoms with Crippen LogP contribution in [0.2, 0.25) is 0 Å². The van der Waals surface area contributed by atoms with E-state index in [1.165, 1.54) is 0 Å². The molecule has 0 aliphatic heterocycles. The molecule has 0 aliphatic carbocycles. The molecule has 0 amide bonds. The summed E-state index contributed by atoms with van der Waals surface area (Å²) < 4.78 is 5.06. The van der Waals surface area contributed by atoms with E-state index in [4.69, 9.17) is 10.5 Å². The molecule has 2 rings (SSSR count). The lowest BCUT2D eigenvalue weighted by Crippen LogP contribution is -2.17. The van der Waals surface area contributed by atoms with E-state index in [0.29, 0.717) is 35.0 Å². The number of imidazole rings is 1. The van der Waals surface area contributed by atoms with Gasteiger partial charge in [0.25, 0.3) is 0 Å². The zero-order valence-electron chi connectivity index (χ0n) is 10.9. The summed E-state index contributed by atoms with van der Waals surface area (Å²) >= 11 is 0. The Hall–Kier alpha value is -2.05. The second-order valence-corrected chi connectivity index (χ2v) is 4.27. The first-order valence-corrected chi connectivity index (χ1v) is 6.03. The number of hydrogen-bond acceptors (Lipinski definition) is 5. The lowest BCUT2D eigenvalue weighted by molar-refractivity contribution is -0.364. The van der Waals surface area contributed by atoms with Crippen molar-refractivity contribution in [3.63, 3.8) is 0 Å². The third-order valence-corrected chi connectivity index (χ3v) is 2.71. The SMILES string of the molecule is CCC[C@H](C)Nc1nc(N)c2[nH]c(OC)[nH+]c2n1. The van der Waals surface area contributed by atoms with E-state index in [1.807, 2.05) is 0 Å². The summed E-state index contributed by atoms with van der Waals surface area (Å²) in [6, 6.07) is 0.817. The molecule has 0 saturated heterocycles. The monoisotopic (exact) mass is 251 g/mol. The molecule has 5 N–H and O–H groups in total. The number of aromatic nitrogens is 4. The minimum atomic E-state index is 0.313. The number of ether oxygens (including phenoxy) is 1. The predicted molar refractivity (Wildman–Crippen MR) is 69.4 cm³/mol. The molecule has 7 heteroatoms. The Bertz CT molecular complexity index is 538. The lowest BCUT2D eigenvalue weighted by Gasteiger charge is -2.10. The van der Waals surface area contributed by atoms with Crippen LogP contribution in [0.1, 0.15) is 26.7 Å². The number of hydrogen-bond donors (Lipinski definition) is 3. The minimum Gasteiger partial charge on any atom is -0.446 e. The van der Waals surface area contributed by atoms with Gasteiger partial charge in [0.1, 0.15) is 0 Å². The van der Waals surface area contributed by atoms with Crippen molar-refractivity contribution < 1.29 is 9.72 Å². The molecule has 0 radical (unpaired) electrons. The number of anilines is 2. The normalized spacial score (nSPS) is 12.6. The number of fused-ring (bicyclic) bond motifs is 1. The van der Waals surface area contributed by atoms with Gasteiger partial charge in [0, 0.05) is 6.04 Å². The van der Waals surface area contributed by atoms with E-state index < -0.39 is 0 Å². The van der Waals surface area contributed by atoms with Crippen LogP contribution < -0.4 is 20.8 Å². The molecule has 0 fully saturated rings. The van der Waals surface area contributed by atoms with Crippen LogP contribution in [0.4, 0.5) is 11.8 Å². The van der Waals surface area contributed by atoms with Gasteiger partial charge in [-0.3, -0.25) is 0 Å². The molecule has 1 atom stereocenters. The van der Waals surface area contributed by atoms with Crippen LogP contribution >= 0.6 is 0 Å². The Morgan fingerprint density at radius 3 is 2.94 bits per heavy atom. The molecular weight excluding hydrogens is 232 g/mol. The largest absolute Gasteiger partial charge is 0.446 e. The predicted octanol–water partition coefficient (Wildman–Crippen LogP) is 0.963. The van der Waals surface area contributed by atoms with Crippen molar-refractivity contribution in [3.05, 3.63) is 0 Å². The topological polar surface area (TPSA) is 103 Å². The summed E-state index contributed by atoms with van der Waals surface area (Å²) in [6.07, 6.45) is 2.16. The number of nitrogen functional groups attached to an aromatic ring is 1. The van der Waals surface area contributed by atoms with Gasteiger partial charge in [-0.05, 0) is 13.3 Å². The number of H-pyrrole nitrogens is 2. The summed E-state index contributed by atoms with van der Waals surface area (Å²) in [5, 5.41) is 3.23. The van der Waals surface area contributed by atoms with Gasteiger partial charge in [-0.25, -0.2) is 9.97 Å². The van der Waals surface area contributed by atoms with Gasteiger partial charge in [0.2, 0.25) is 5.52 Å². The molecule has 0 aromatic carbocycles. The van der Waals surface area contributed by atoms with E-state index in [-0.39, 0.29) is 0 Å². The van der Waals surface area contributed by atoms with Crippen molar-refractivity contribution in [2.24, 2.45) is 0 Å². The van der Waals surface area contributed by atoms with Gasteiger partial charge in [0.05, 0.1) is 7.11 Å². The molecule has 18 heavy (non-hydrogen) atoms. The highest BCUT2D eigenvalue weighted by Crippen LogP contribution is 2.17. The quantitative estimate of drug-likeness (QED) is 0.734. The summed E-state index contributed by atoms with van der Waals surface area (Å²) in [7, 11) is 1.56. The molecule has 2 heterocycles. The first-order chi connectivity index (χ1) is 8.63. The number of rotatable bonds is 5.